The Bertz CT molecular complexity index is 1240. The third-order valence-corrected chi connectivity index (χ3v) is 11.6. The lowest BCUT2D eigenvalue weighted by molar-refractivity contribution is -0.220. The molecule has 0 aromatic carbocycles. The van der Waals surface area contributed by atoms with Gasteiger partial charge in [0, 0.05) is 13.0 Å². The summed E-state index contributed by atoms with van der Waals surface area (Å²) in [6.07, 6.45) is 35.7. The first kappa shape index (κ1) is 57.1. The Kier molecular flexibility index (Phi) is 36.0. The number of hydrogen-bond donors (Lipinski definition) is 6. The minimum absolute atomic E-state index is 0.102. The number of carbonyl (C=O) groups excluding carboxylic acids is 1. The highest BCUT2D eigenvalue weighted by molar-refractivity contribution is 7.47. The highest BCUT2D eigenvalue weighted by Gasteiger charge is 2.51. The molecule has 0 aliphatic heterocycles. The lowest BCUT2D eigenvalue weighted by Gasteiger charge is -2.41. The number of unbranched alkanes of at least 4 members (excludes halogenated alkanes) is 17. The minimum atomic E-state index is -5.03. The molecule has 6 atom stereocenters. The lowest BCUT2D eigenvalue weighted by atomic mass is 9.85. The van der Waals surface area contributed by atoms with Gasteiger partial charge < -0.3 is 39.9 Å². The van der Waals surface area contributed by atoms with Gasteiger partial charge in [0.15, 0.2) is 0 Å². The number of carbonyl (C=O) groups is 1. The summed E-state index contributed by atoms with van der Waals surface area (Å²) in [4.78, 5) is 23.2. The van der Waals surface area contributed by atoms with Gasteiger partial charge in [-0.2, -0.15) is 0 Å². The van der Waals surface area contributed by atoms with Gasteiger partial charge in [-0.25, -0.2) is 4.57 Å². The van der Waals surface area contributed by atoms with Gasteiger partial charge in [0.2, 0.25) is 0 Å². The van der Waals surface area contributed by atoms with Crippen LogP contribution in [0.4, 0.5) is 0 Å². The molecule has 1 saturated carbocycles. The number of esters is 1. The van der Waals surface area contributed by atoms with Crippen molar-refractivity contribution in [3.05, 3.63) is 60.8 Å². The van der Waals surface area contributed by atoms with E-state index in [9.17, 15) is 39.8 Å². The van der Waals surface area contributed by atoms with E-state index in [1.54, 1.807) is 0 Å². The van der Waals surface area contributed by atoms with E-state index in [1.165, 1.54) is 64.2 Å². The van der Waals surface area contributed by atoms with Crippen LogP contribution in [0.2, 0.25) is 0 Å². The van der Waals surface area contributed by atoms with Crippen molar-refractivity contribution in [2.75, 3.05) is 19.8 Å². The lowest BCUT2D eigenvalue weighted by Crippen LogP contribution is -2.64. The molecule has 1 rings (SSSR count). The summed E-state index contributed by atoms with van der Waals surface area (Å²) < 4.78 is 34.2. The van der Waals surface area contributed by atoms with Crippen molar-refractivity contribution in [3.63, 3.8) is 0 Å². The number of rotatable bonds is 39. The largest absolute Gasteiger partial charge is 0.472 e. The maximum Gasteiger partial charge on any atom is 0.472 e. The fourth-order valence-electron chi connectivity index (χ4n) is 6.87. The first-order chi connectivity index (χ1) is 29.5. The van der Waals surface area contributed by atoms with E-state index in [1.807, 2.05) is 0 Å². The van der Waals surface area contributed by atoms with Crippen LogP contribution in [0.15, 0.2) is 60.8 Å². The Balaban J connectivity index is 2.42. The van der Waals surface area contributed by atoms with Crippen molar-refractivity contribution in [2.45, 2.75) is 217 Å². The zero-order valence-electron chi connectivity index (χ0n) is 37.7. The number of ether oxygens (including phenoxy) is 2. The highest BCUT2D eigenvalue weighted by atomic mass is 31.2. The van der Waals surface area contributed by atoms with Crippen LogP contribution in [0.1, 0.15) is 174 Å². The highest BCUT2D eigenvalue weighted by Crippen LogP contribution is 2.47. The number of hydrogen-bond acceptors (Lipinski definition) is 11. The smallest absolute Gasteiger partial charge is 0.457 e. The van der Waals surface area contributed by atoms with Crippen LogP contribution in [-0.2, 0) is 27.9 Å². The van der Waals surface area contributed by atoms with Crippen molar-refractivity contribution in [3.8, 4) is 0 Å². The Morgan fingerprint density at radius 3 is 1.49 bits per heavy atom. The molecular weight excluding hydrogens is 799 g/mol. The van der Waals surface area contributed by atoms with Gasteiger partial charge in [0.1, 0.15) is 42.7 Å². The van der Waals surface area contributed by atoms with Crippen LogP contribution in [0.3, 0.4) is 0 Å². The Labute approximate surface area is 368 Å². The van der Waals surface area contributed by atoms with Gasteiger partial charge in [-0.1, -0.05) is 152 Å². The maximum absolute atomic E-state index is 12.8. The monoisotopic (exact) mass is 885 g/mol. The molecule has 0 radical (unpaired) electrons. The van der Waals surface area contributed by atoms with Gasteiger partial charge in [0.25, 0.3) is 0 Å². The third kappa shape index (κ3) is 30.7. The van der Waals surface area contributed by atoms with E-state index in [-0.39, 0.29) is 13.0 Å². The van der Waals surface area contributed by atoms with E-state index >= 15 is 0 Å². The Morgan fingerprint density at radius 1 is 0.541 bits per heavy atom. The van der Waals surface area contributed by atoms with Crippen molar-refractivity contribution in [1.82, 2.24) is 0 Å². The number of allylic oxidation sites excluding steroid dienone is 10. The Morgan fingerprint density at radius 2 is 0.967 bits per heavy atom. The van der Waals surface area contributed by atoms with Gasteiger partial charge in [-0.05, 0) is 77.0 Å². The molecule has 0 saturated heterocycles. The standard InChI is InChI=1S/C48H85O12P/c1-3-5-7-9-11-13-15-17-19-21-22-23-25-27-29-31-33-35-37-42(49)59-41(40-58-61(55,56)60-48-46(53)44(51)43(50)45(52)47(48)54)39-57-38-36-34-32-30-28-26-24-20-18-16-14-12-10-8-6-4-2/h6,8,12,14,18-21,26,28,41,43-48,50-54H,3-5,7,9-11,13,15-17,22-25,27,29-40H2,1-2H3,(H,55,56)/b8-6-,14-12-,20-18-,21-19-,28-26-. The molecule has 12 nitrogen and oxygen atoms in total. The molecule has 6 N–H and O–H groups in total. The second-order valence-electron chi connectivity index (χ2n) is 16.2. The van der Waals surface area contributed by atoms with Crippen LogP contribution < -0.4 is 0 Å². The summed E-state index contributed by atoms with van der Waals surface area (Å²) in [5, 5.41) is 50.2. The minimum Gasteiger partial charge on any atom is -0.457 e. The van der Waals surface area contributed by atoms with Gasteiger partial charge in [-0.15, -0.1) is 0 Å². The van der Waals surface area contributed by atoms with E-state index < -0.39 is 63.1 Å². The van der Waals surface area contributed by atoms with Crippen molar-refractivity contribution >= 4 is 13.8 Å². The quantitative estimate of drug-likeness (QED) is 0.0148. The van der Waals surface area contributed by atoms with Crippen LogP contribution in [0.5, 0.6) is 0 Å². The van der Waals surface area contributed by atoms with Crippen LogP contribution in [0.25, 0.3) is 0 Å². The molecule has 61 heavy (non-hydrogen) atoms. The van der Waals surface area contributed by atoms with E-state index in [4.69, 9.17) is 18.5 Å². The molecule has 0 spiro atoms. The normalized spacial score (nSPS) is 22.7. The molecule has 0 bridgehead atoms. The molecule has 6 unspecified atom stereocenters. The average molecular weight is 885 g/mol. The number of phosphoric acid groups is 1. The predicted molar refractivity (Wildman–Crippen MR) is 244 cm³/mol. The van der Waals surface area contributed by atoms with Crippen LogP contribution in [0, 0.1) is 0 Å². The molecule has 1 fully saturated rings. The summed E-state index contributed by atoms with van der Waals surface area (Å²) in [6, 6.07) is 0. The van der Waals surface area contributed by atoms with E-state index in [0.29, 0.717) is 13.0 Å². The molecule has 0 aromatic heterocycles. The molecule has 0 heterocycles. The Hall–Kier alpha value is -1.96. The van der Waals surface area contributed by atoms with Crippen LogP contribution >= 0.6 is 7.82 Å². The number of aliphatic hydroxyl groups is 5. The van der Waals surface area contributed by atoms with E-state index in [0.717, 1.165) is 83.5 Å². The summed E-state index contributed by atoms with van der Waals surface area (Å²) in [6.45, 7) is 4.06. The molecular formula is C48H85O12P. The van der Waals surface area contributed by atoms with Gasteiger partial charge in [0.05, 0.1) is 13.2 Å². The molecule has 0 aromatic rings. The average Bonchev–Trinajstić information content (AvgIpc) is 3.24. The fraction of sp³-hybridized carbons (Fsp3) is 0.771. The SMILES string of the molecule is CC/C=C\C/C=C\C/C=C\C/C=C\CCCCCOCC(COP(=O)(O)OC1C(O)C(O)C(O)C(O)C1O)OC(=O)CCCCCCCCC/C=C\CCCCCCCCC. The molecule has 0 amide bonds. The number of aliphatic hydroxyl groups excluding tert-OH is 5. The summed E-state index contributed by atoms with van der Waals surface area (Å²) >= 11 is 0. The maximum atomic E-state index is 12.8. The van der Waals surface area contributed by atoms with Crippen LogP contribution in [-0.4, -0.2) is 98.9 Å². The van der Waals surface area contributed by atoms with Crippen molar-refractivity contribution < 1.29 is 58.3 Å². The summed E-state index contributed by atoms with van der Waals surface area (Å²) in [5.41, 5.74) is 0. The zero-order valence-corrected chi connectivity index (χ0v) is 38.6. The van der Waals surface area contributed by atoms with Gasteiger partial charge in [-0.3, -0.25) is 13.8 Å². The predicted octanol–water partition coefficient (Wildman–Crippen LogP) is 9.81. The van der Waals surface area contributed by atoms with E-state index in [2.05, 4.69) is 74.6 Å². The van der Waals surface area contributed by atoms with Crippen molar-refractivity contribution in [2.24, 2.45) is 0 Å². The van der Waals surface area contributed by atoms with Crippen molar-refractivity contribution in [1.29, 1.82) is 0 Å². The molecule has 1 aliphatic rings. The number of phosphoric ester groups is 1. The first-order valence-electron chi connectivity index (χ1n) is 23.6. The zero-order chi connectivity index (χ0) is 44.8. The molecule has 354 valence electrons. The molecule has 1 aliphatic carbocycles. The second kappa shape index (κ2) is 38.5. The molecule has 13 heteroatoms. The summed E-state index contributed by atoms with van der Waals surface area (Å²) in [5.74, 6) is -0.495. The first-order valence-corrected chi connectivity index (χ1v) is 25.1. The second-order valence-corrected chi connectivity index (χ2v) is 17.6. The fourth-order valence-corrected chi connectivity index (χ4v) is 7.84. The topological polar surface area (TPSA) is 192 Å². The third-order valence-electron chi connectivity index (χ3n) is 10.6. The summed E-state index contributed by atoms with van der Waals surface area (Å²) in [7, 11) is -5.03. The van der Waals surface area contributed by atoms with Gasteiger partial charge >= 0.3 is 13.8 Å².